The van der Waals surface area contributed by atoms with Crippen molar-refractivity contribution in [3.63, 3.8) is 0 Å². The van der Waals surface area contributed by atoms with Crippen LogP contribution in [0.4, 0.5) is 0 Å². The third-order valence-corrected chi connectivity index (χ3v) is 2.21. The minimum Gasteiger partial charge on any atom is -0.159 e. The maximum absolute atomic E-state index is 3.99. The van der Waals surface area contributed by atoms with E-state index in [9.17, 15) is 0 Å². The summed E-state index contributed by atoms with van der Waals surface area (Å²) in [7, 11) is 0. The van der Waals surface area contributed by atoms with Crippen molar-refractivity contribution in [3.8, 4) is 0 Å². The van der Waals surface area contributed by atoms with Gasteiger partial charge in [-0.3, -0.25) is 0 Å². The molecule has 0 saturated carbocycles. The van der Waals surface area contributed by atoms with Gasteiger partial charge in [0.1, 0.15) is 0 Å². The molecule has 0 radical (unpaired) electrons. The predicted molar refractivity (Wildman–Crippen MR) is 42.0 cm³/mol. The van der Waals surface area contributed by atoms with Crippen LogP contribution in [0.2, 0.25) is 0 Å². The fourth-order valence-electron chi connectivity index (χ4n) is 1.19. The minimum atomic E-state index is -0.0144. The maximum Gasteiger partial charge on any atom is 0.188 e. The molecule has 0 aromatic heterocycles. The molecule has 0 fully saturated rings. The van der Waals surface area contributed by atoms with Gasteiger partial charge in [0.15, 0.2) is 5.66 Å². The van der Waals surface area contributed by atoms with Gasteiger partial charge in [-0.15, -0.1) is 0 Å². The minimum absolute atomic E-state index is 0.0144. The highest BCUT2D eigenvalue weighted by atomic mass is 15.4. The molecule has 0 atom stereocenters. The Morgan fingerprint density at radius 1 is 1.30 bits per heavy atom. The van der Waals surface area contributed by atoms with Gasteiger partial charge in [0.05, 0.1) is 0 Å². The second-order valence-corrected chi connectivity index (χ2v) is 4.11. The van der Waals surface area contributed by atoms with Crippen LogP contribution >= 0.6 is 0 Å². The molecule has 0 aromatic rings. The van der Waals surface area contributed by atoms with Crippen LogP contribution in [-0.4, -0.2) is 5.66 Å². The first kappa shape index (κ1) is 7.70. The van der Waals surface area contributed by atoms with Crippen molar-refractivity contribution in [2.45, 2.75) is 46.2 Å². The molecule has 2 nitrogen and oxygen atoms in total. The second kappa shape index (κ2) is 2.04. The summed E-state index contributed by atoms with van der Waals surface area (Å²) >= 11 is 0. The van der Waals surface area contributed by atoms with E-state index in [1.807, 2.05) is 0 Å². The first-order valence-corrected chi connectivity index (χ1v) is 3.91. The van der Waals surface area contributed by atoms with Gasteiger partial charge in [-0.05, 0) is 12.3 Å². The quantitative estimate of drug-likeness (QED) is 0.575. The number of rotatable bonds is 3. The average Bonchev–Trinajstić information content (AvgIpc) is 2.47. The van der Waals surface area contributed by atoms with Gasteiger partial charge in [-0.1, -0.05) is 27.2 Å². The summed E-state index contributed by atoms with van der Waals surface area (Å²) in [4.78, 5) is 0. The monoisotopic (exact) mass is 140 g/mol. The van der Waals surface area contributed by atoms with Gasteiger partial charge in [-0.25, -0.2) is 0 Å². The Hall–Kier alpha value is -0.400. The molecule has 0 aromatic carbocycles. The molecule has 0 aliphatic carbocycles. The first-order valence-electron chi connectivity index (χ1n) is 3.91. The van der Waals surface area contributed by atoms with E-state index < -0.39 is 0 Å². The Kier molecular flexibility index (Phi) is 1.57. The third kappa shape index (κ3) is 1.79. The zero-order valence-electron chi connectivity index (χ0n) is 7.31. The number of hydrogen-bond acceptors (Lipinski definition) is 2. The summed E-state index contributed by atoms with van der Waals surface area (Å²) < 4.78 is 0. The molecular weight excluding hydrogens is 124 g/mol. The standard InChI is InChI=1S/C8H16N2/c1-5-7(2,3)6-8(4)9-10-8/h5-6H2,1-4H3. The van der Waals surface area contributed by atoms with Gasteiger partial charge < -0.3 is 0 Å². The van der Waals surface area contributed by atoms with Gasteiger partial charge in [0.2, 0.25) is 0 Å². The van der Waals surface area contributed by atoms with E-state index in [0.29, 0.717) is 5.41 Å². The molecule has 58 valence electrons. The van der Waals surface area contributed by atoms with Crippen molar-refractivity contribution in [1.82, 2.24) is 0 Å². The fourth-order valence-corrected chi connectivity index (χ4v) is 1.19. The third-order valence-electron chi connectivity index (χ3n) is 2.21. The molecule has 0 bridgehead atoms. The van der Waals surface area contributed by atoms with Gasteiger partial charge in [0, 0.05) is 6.42 Å². The molecule has 0 unspecified atom stereocenters. The summed E-state index contributed by atoms with van der Waals surface area (Å²) in [6.45, 7) is 8.83. The largest absolute Gasteiger partial charge is 0.188 e. The molecule has 2 heteroatoms. The van der Waals surface area contributed by atoms with Crippen LogP contribution in [0.3, 0.4) is 0 Å². The van der Waals surface area contributed by atoms with Crippen LogP contribution in [-0.2, 0) is 0 Å². The Bertz CT molecular complexity index is 153. The van der Waals surface area contributed by atoms with Gasteiger partial charge in [-0.2, -0.15) is 10.2 Å². The SMILES string of the molecule is CCC(C)(C)CC1(C)N=N1. The van der Waals surface area contributed by atoms with Crippen molar-refractivity contribution in [3.05, 3.63) is 0 Å². The highest BCUT2D eigenvalue weighted by Crippen LogP contribution is 2.40. The molecule has 0 spiro atoms. The maximum atomic E-state index is 3.99. The Labute approximate surface area is 62.7 Å². The van der Waals surface area contributed by atoms with E-state index in [4.69, 9.17) is 0 Å². The highest BCUT2D eigenvalue weighted by Gasteiger charge is 2.38. The lowest BCUT2D eigenvalue weighted by atomic mass is 9.82. The highest BCUT2D eigenvalue weighted by molar-refractivity contribution is 4.92. The molecule has 1 heterocycles. The van der Waals surface area contributed by atoms with E-state index in [-0.39, 0.29) is 5.66 Å². The molecule has 0 N–H and O–H groups in total. The predicted octanol–water partition coefficient (Wildman–Crippen LogP) is 2.99. The van der Waals surface area contributed by atoms with E-state index in [0.717, 1.165) is 6.42 Å². The van der Waals surface area contributed by atoms with E-state index >= 15 is 0 Å². The van der Waals surface area contributed by atoms with Gasteiger partial charge >= 0.3 is 0 Å². The lowest BCUT2D eigenvalue weighted by Crippen LogP contribution is -2.19. The van der Waals surface area contributed by atoms with Crippen molar-refractivity contribution in [2.24, 2.45) is 15.6 Å². The van der Waals surface area contributed by atoms with Crippen LogP contribution < -0.4 is 0 Å². The molecule has 0 amide bonds. The first-order chi connectivity index (χ1) is 4.47. The summed E-state index contributed by atoms with van der Waals surface area (Å²) in [6.07, 6.45) is 2.30. The topological polar surface area (TPSA) is 24.7 Å². The fraction of sp³-hybridized carbons (Fsp3) is 1.00. The molecule has 1 rings (SSSR count). The van der Waals surface area contributed by atoms with Crippen LogP contribution in [0.5, 0.6) is 0 Å². The van der Waals surface area contributed by atoms with Gasteiger partial charge in [0.25, 0.3) is 0 Å². The van der Waals surface area contributed by atoms with Crippen LogP contribution in [0.1, 0.15) is 40.5 Å². The van der Waals surface area contributed by atoms with Crippen molar-refractivity contribution in [2.75, 3.05) is 0 Å². The van der Waals surface area contributed by atoms with Crippen LogP contribution in [0.25, 0.3) is 0 Å². The van der Waals surface area contributed by atoms with Crippen LogP contribution in [0, 0.1) is 5.41 Å². The molecule has 1 aliphatic heterocycles. The zero-order chi connectivity index (χ0) is 7.83. The van der Waals surface area contributed by atoms with E-state index in [2.05, 4.69) is 37.9 Å². The second-order valence-electron chi connectivity index (χ2n) is 4.11. The smallest absolute Gasteiger partial charge is 0.159 e. The molecule has 0 saturated heterocycles. The molecule has 1 aliphatic rings. The average molecular weight is 140 g/mol. The summed E-state index contributed by atoms with van der Waals surface area (Å²) in [5.74, 6) is 0. The Morgan fingerprint density at radius 3 is 2.10 bits per heavy atom. The van der Waals surface area contributed by atoms with E-state index in [1.54, 1.807) is 0 Å². The zero-order valence-corrected chi connectivity index (χ0v) is 7.31. The normalized spacial score (nSPS) is 21.2. The van der Waals surface area contributed by atoms with Crippen molar-refractivity contribution < 1.29 is 0 Å². The number of hydrogen-bond donors (Lipinski definition) is 0. The Morgan fingerprint density at radius 2 is 1.80 bits per heavy atom. The summed E-state index contributed by atoms with van der Waals surface area (Å²) in [5.41, 5.74) is 0.387. The van der Waals surface area contributed by atoms with Crippen LogP contribution in [0.15, 0.2) is 10.2 Å². The van der Waals surface area contributed by atoms with Crippen molar-refractivity contribution in [1.29, 1.82) is 0 Å². The Balaban J connectivity index is 2.37. The van der Waals surface area contributed by atoms with E-state index in [1.165, 1.54) is 6.42 Å². The molecular formula is C8H16N2. The number of nitrogens with zero attached hydrogens (tertiary/aromatic N) is 2. The lowest BCUT2D eigenvalue weighted by Gasteiger charge is -2.23. The lowest BCUT2D eigenvalue weighted by molar-refractivity contribution is 0.282. The summed E-state index contributed by atoms with van der Waals surface area (Å²) in [5, 5.41) is 7.98. The van der Waals surface area contributed by atoms with Crippen molar-refractivity contribution >= 4 is 0 Å². The summed E-state index contributed by atoms with van der Waals surface area (Å²) in [6, 6.07) is 0. The molecule has 10 heavy (non-hydrogen) atoms.